The molecule has 0 amide bonds. The van der Waals surface area contributed by atoms with Crippen molar-refractivity contribution < 1.29 is 9.53 Å². The van der Waals surface area contributed by atoms with Crippen LogP contribution in [0.25, 0.3) is 0 Å². The van der Waals surface area contributed by atoms with Gasteiger partial charge in [0.05, 0.1) is 12.8 Å². The molecule has 0 radical (unpaired) electrons. The highest BCUT2D eigenvalue weighted by Crippen LogP contribution is 2.25. The topological polar surface area (TPSA) is 78.1 Å². The second kappa shape index (κ2) is 9.21. The number of ether oxygens (including phenoxy) is 1. The minimum Gasteiger partial charge on any atom is -0.461 e. The molecule has 158 valence electrons. The summed E-state index contributed by atoms with van der Waals surface area (Å²) in [5.74, 6) is -0.331. The lowest BCUT2D eigenvalue weighted by atomic mass is 10.0. The van der Waals surface area contributed by atoms with Crippen LogP contribution in [0.1, 0.15) is 46.2 Å². The van der Waals surface area contributed by atoms with Gasteiger partial charge in [0.15, 0.2) is 5.69 Å². The third-order valence-electron chi connectivity index (χ3n) is 5.40. The van der Waals surface area contributed by atoms with Crippen molar-refractivity contribution in [2.24, 2.45) is 7.05 Å². The van der Waals surface area contributed by atoms with Crippen LogP contribution in [0.4, 0.5) is 0 Å². The largest absolute Gasteiger partial charge is 0.461 e. The number of rotatable bonds is 8. The van der Waals surface area contributed by atoms with Crippen LogP contribution >= 0.6 is 0 Å². The first-order chi connectivity index (χ1) is 14.6. The van der Waals surface area contributed by atoms with Gasteiger partial charge >= 0.3 is 5.97 Å². The van der Waals surface area contributed by atoms with Gasteiger partial charge in [-0.2, -0.15) is 10.2 Å². The molecule has 0 unspecified atom stereocenters. The first kappa shape index (κ1) is 20.3. The minimum absolute atomic E-state index is 0.331. The zero-order chi connectivity index (χ0) is 20.9. The fraction of sp³-hybridized carbons (Fsp3) is 0.455. The van der Waals surface area contributed by atoms with Gasteiger partial charge in [-0.1, -0.05) is 6.07 Å². The number of pyridine rings is 1. The number of aromatic nitrogens is 5. The average molecular weight is 409 g/mol. The molecular weight excluding hydrogens is 380 g/mol. The molecule has 0 saturated heterocycles. The van der Waals surface area contributed by atoms with Gasteiger partial charge in [-0.15, -0.1) is 0 Å². The number of hydrogen-bond acceptors (Lipinski definition) is 6. The van der Waals surface area contributed by atoms with Crippen LogP contribution in [-0.2, 0) is 44.3 Å². The van der Waals surface area contributed by atoms with Crippen molar-refractivity contribution in [1.82, 2.24) is 29.4 Å². The summed E-state index contributed by atoms with van der Waals surface area (Å²) in [4.78, 5) is 19.1. The van der Waals surface area contributed by atoms with Crippen molar-refractivity contribution in [3.63, 3.8) is 0 Å². The Balaban J connectivity index is 1.50. The normalized spacial score (nSPS) is 13.9. The van der Waals surface area contributed by atoms with Crippen molar-refractivity contribution in [3.05, 3.63) is 65.0 Å². The Morgan fingerprint density at radius 1 is 1.27 bits per heavy atom. The van der Waals surface area contributed by atoms with E-state index in [1.807, 2.05) is 48.0 Å². The Kier molecular flexibility index (Phi) is 6.23. The van der Waals surface area contributed by atoms with E-state index in [0.717, 1.165) is 50.2 Å². The standard InChI is InChI=1S/C22H28N6O2/c1-3-30-22(29)21-19-16-27(15-18-13-24-26(2)14-18)11-8-20(19)28(25-21)10-5-7-17-6-4-9-23-12-17/h4,6,9,12-14H,3,5,7-8,10-11,15-16H2,1-2H3. The summed E-state index contributed by atoms with van der Waals surface area (Å²) in [6.07, 6.45) is 10.4. The number of nitrogens with zero attached hydrogens (tertiary/aromatic N) is 6. The molecule has 1 aliphatic heterocycles. The van der Waals surface area contributed by atoms with Crippen molar-refractivity contribution in [2.45, 2.75) is 45.8 Å². The lowest BCUT2D eigenvalue weighted by Crippen LogP contribution is -2.31. The first-order valence-corrected chi connectivity index (χ1v) is 10.5. The summed E-state index contributed by atoms with van der Waals surface area (Å²) >= 11 is 0. The predicted octanol–water partition coefficient (Wildman–Crippen LogP) is 2.38. The maximum absolute atomic E-state index is 12.6. The monoisotopic (exact) mass is 408 g/mol. The van der Waals surface area contributed by atoms with Crippen LogP contribution < -0.4 is 0 Å². The van der Waals surface area contributed by atoms with E-state index >= 15 is 0 Å². The van der Waals surface area contributed by atoms with E-state index in [1.165, 1.54) is 11.1 Å². The van der Waals surface area contributed by atoms with Crippen LogP contribution in [0.5, 0.6) is 0 Å². The van der Waals surface area contributed by atoms with Gasteiger partial charge < -0.3 is 4.74 Å². The van der Waals surface area contributed by atoms with Gasteiger partial charge in [0.25, 0.3) is 0 Å². The van der Waals surface area contributed by atoms with Gasteiger partial charge in [-0.25, -0.2) is 4.79 Å². The van der Waals surface area contributed by atoms with Crippen molar-refractivity contribution in [2.75, 3.05) is 13.2 Å². The summed E-state index contributed by atoms with van der Waals surface area (Å²) in [6.45, 7) is 5.38. The average Bonchev–Trinajstić information content (AvgIpc) is 3.32. The Hall–Kier alpha value is -3.00. The molecule has 8 nitrogen and oxygen atoms in total. The molecule has 0 spiro atoms. The molecule has 0 atom stereocenters. The highest BCUT2D eigenvalue weighted by atomic mass is 16.5. The van der Waals surface area contributed by atoms with E-state index < -0.39 is 0 Å². The van der Waals surface area contributed by atoms with Gasteiger partial charge in [0, 0.05) is 75.1 Å². The second-order valence-corrected chi connectivity index (χ2v) is 7.67. The van der Waals surface area contributed by atoms with Crippen LogP contribution in [-0.4, -0.2) is 48.6 Å². The molecule has 8 heteroatoms. The summed E-state index contributed by atoms with van der Waals surface area (Å²) < 4.78 is 9.11. The summed E-state index contributed by atoms with van der Waals surface area (Å²) in [6, 6.07) is 4.05. The van der Waals surface area contributed by atoms with Crippen LogP contribution in [0, 0.1) is 0 Å². The SMILES string of the molecule is CCOC(=O)c1nn(CCCc2cccnc2)c2c1CN(Cc1cnn(C)c1)CC2. The van der Waals surface area contributed by atoms with E-state index in [-0.39, 0.29) is 5.97 Å². The number of carbonyl (C=O) groups is 1. The number of esters is 1. The van der Waals surface area contributed by atoms with E-state index in [1.54, 1.807) is 6.20 Å². The van der Waals surface area contributed by atoms with E-state index in [2.05, 4.69) is 26.1 Å². The molecule has 0 aromatic carbocycles. The molecular formula is C22H28N6O2. The molecule has 4 rings (SSSR count). The zero-order valence-corrected chi connectivity index (χ0v) is 17.6. The van der Waals surface area contributed by atoms with Gasteiger partial charge in [-0.3, -0.25) is 19.2 Å². The van der Waals surface area contributed by atoms with Gasteiger partial charge in [0.2, 0.25) is 0 Å². The number of fused-ring (bicyclic) bond motifs is 1. The Labute approximate surface area is 176 Å². The lowest BCUT2D eigenvalue weighted by molar-refractivity contribution is 0.0515. The molecule has 0 aliphatic carbocycles. The third kappa shape index (κ3) is 4.59. The smallest absolute Gasteiger partial charge is 0.359 e. The van der Waals surface area contributed by atoms with Gasteiger partial charge in [0.1, 0.15) is 0 Å². The van der Waals surface area contributed by atoms with Crippen molar-refractivity contribution in [1.29, 1.82) is 0 Å². The van der Waals surface area contributed by atoms with Crippen LogP contribution in [0.3, 0.4) is 0 Å². The summed E-state index contributed by atoms with van der Waals surface area (Å²) in [5, 5.41) is 8.92. The number of carbonyl (C=O) groups excluding carboxylic acids is 1. The zero-order valence-electron chi connectivity index (χ0n) is 17.6. The van der Waals surface area contributed by atoms with Crippen molar-refractivity contribution >= 4 is 5.97 Å². The Morgan fingerprint density at radius 2 is 2.17 bits per heavy atom. The van der Waals surface area contributed by atoms with Crippen molar-refractivity contribution in [3.8, 4) is 0 Å². The van der Waals surface area contributed by atoms with Crippen LogP contribution in [0.2, 0.25) is 0 Å². The molecule has 0 N–H and O–H groups in total. The van der Waals surface area contributed by atoms with E-state index in [4.69, 9.17) is 4.74 Å². The minimum atomic E-state index is -0.331. The summed E-state index contributed by atoms with van der Waals surface area (Å²) in [5.41, 5.74) is 5.01. The maximum atomic E-state index is 12.6. The summed E-state index contributed by atoms with van der Waals surface area (Å²) in [7, 11) is 1.92. The fourth-order valence-electron chi connectivity index (χ4n) is 4.02. The quantitative estimate of drug-likeness (QED) is 0.533. The number of aryl methyl sites for hydroxylation is 3. The molecule has 1 aliphatic rings. The molecule has 3 aromatic heterocycles. The third-order valence-corrected chi connectivity index (χ3v) is 5.40. The highest BCUT2D eigenvalue weighted by molar-refractivity contribution is 5.89. The molecule has 3 aromatic rings. The highest BCUT2D eigenvalue weighted by Gasteiger charge is 2.28. The predicted molar refractivity (Wildman–Crippen MR) is 112 cm³/mol. The molecule has 0 fully saturated rings. The fourth-order valence-corrected chi connectivity index (χ4v) is 4.02. The Morgan fingerprint density at radius 3 is 2.90 bits per heavy atom. The second-order valence-electron chi connectivity index (χ2n) is 7.67. The maximum Gasteiger partial charge on any atom is 0.359 e. The Bertz CT molecular complexity index is 994. The van der Waals surface area contributed by atoms with E-state index in [0.29, 0.717) is 18.8 Å². The number of hydrogen-bond donors (Lipinski definition) is 0. The first-order valence-electron chi connectivity index (χ1n) is 10.5. The van der Waals surface area contributed by atoms with Crippen LogP contribution in [0.15, 0.2) is 36.9 Å². The molecule has 0 bridgehead atoms. The van der Waals surface area contributed by atoms with Gasteiger partial charge in [-0.05, 0) is 31.4 Å². The lowest BCUT2D eigenvalue weighted by Gasteiger charge is -2.27. The van der Waals surface area contributed by atoms with E-state index in [9.17, 15) is 4.79 Å². The molecule has 4 heterocycles. The molecule has 0 saturated carbocycles. The molecule has 30 heavy (non-hydrogen) atoms.